The summed E-state index contributed by atoms with van der Waals surface area (Å²) in [5.41, 5.74) is 8.49. The Morgan fingerprint density at radius 2 is 2.11 bits per heavy atom. The second kappa shape index (κ2) is 4.89. The van der Waals surface area contributed by atoms with Crippen molar-refractivity contribution in [2.24, 2.45) is 0 Å². The average Bonchev–Trinajstić information content (AvgIpc) is 2.77. The fourth-order valence-electron chi connectivity index (χ4n) is 1.40. The van der Waals surface area contributed by atoms with Gasteiger partial charge in [-0.25, -0.2) is 15.0 Å². The van der Waals surface area contributed by atoms with Gasteiger partial charge >= 0.3 is 0 Å². The van der Waals surface area contributed by atoms with Gasteiger partial charge in [0.25, 0.3) is 0 Å². The van der Waals surface area contributed by atoms with Gasteiger partial charge in [0.2, 0.25) is 0 Å². The van der Waals surface area contributed by atoms with Crippen molar-refractivity contribution in [1.29, 1.82) is 0 Å². The molecule has 0 spiro atoms. The van der Waals surface area contributed by atoms with Gasteiger partial charge in [-0.3, -0.25) is 0 Å². The highest BCUT2D eigenvalue weighted by Gasteiger charge is 2.18. The number of nitrogens with one attached hydrogen (secondary N) is 1. The normalized spacial score (nSPS) is 11.5. The monoisotopic (exact) mass is 263 g/mol. The molecule has 6 heteroatoms. The molecule has 3 N–H and O–H groups in total. The minimum absolute atomic E-state index is 0.119. The van der Waals surface area contributed by atoms with Gasteiger partial charge in [0, 0.05) is 16.9 Å². The summed E-state index contributed by atoms with van der Waals surface area (Å²) in [7, 11) is 0. The Bertz CT molecular complexity index is 516. The van der Waals surface area contributed by atoms with Crippen LogP contribution in [0.1, 0.15) is 32.3 Å². The fourth-order valence-corrected chi connectivity index (χ4v) is 1.96. The first-order chi connectivity index (χ1) is 8.45. The van der Waals surface area contributed by atoms with Crippen LogP contribution in [-0.4, -0.2) is 15.0 Å². The van der Waals surface area contributed by atoms with Crippen molar-refractivity contribution in [2.75, 3.05) is 11.1 Å². The van der Waals surface area contributed by atoms with Gasteiger partial charge in [-0.1, -0.05) is 20.8 Å². The van der Waals surface area contributed by atoms with Crippen LogP contribution in [0.15, 0.2) is 17.0 Å². The molecule has 0 aliphatic carbocycles. The number of thiazole rings is 1. The van der Waals surface area contributed by atoms with Crippen molar-refractivity contribution in [1.82, 2.24) is 15.0 Å². The van der Waals surface area contributed by atoms with Crippen molar-refractivity contribution in [2.45, 2.75) is 32.7 Å². The minimum Gasteiger partial charge on any atom is -0.384 e. The third-order valence-electron chi connectivity index (χ3n) is 2.35. The van der Waals surface area contributed by atoms with Crippen LogP contribution in [0.2, 0.25) is 0 Å². The quantitative estimate of drug-likeness (QED) is 0.889. The van der Waals surface area contributed by atoms with Gasteiger partial charge in [0.1, 0.15) is 17.5 Å². The van der Waals surface area contributed by atoms with Crippen molar-refractivity contribution < 1.29 is 0 Å². The van der Waals surface area contributed by atoms with Crippen molar-refractivity contribution >= 4 is 23.0 Å². The Balaban J connectivity index is 2.15. The average molecular weight is 263 g/mol. The van der Waals surface area contributed by atoms with Crippen LogP contribution in [0.5, 0.6) is 0 Å². The molecule has 0 saturated carbocycles. The Morgan fingerprint density at radius 3 is 2.72 bits per heavy atom. The largest absolute Gasteiger partial charge is 0.384 e. The molecule has 0 amide bonds. The number of nitrogens with two attached hydrogens (primary N) is 1. The molecule has 0 bridgehead atoms. The summed E-state index contributed by atoms with van der Waals surface area (Å²) in [6.45, 7) is 6.83. The van der Waals surface area contributed by atoms with Crippen LogP contribution in [0.3, 0.4) is 0 Å². The molecule has 0 atom stereocenters. The summed E-state index contributed by atoms with van der Waals surface area (Å²) in [5, 5.41) is 5.22. The maximum Gasteiger partial charge on any atom is 0.138 e. The summed E-state index contributed by atoms with van der Waals surface area (Å²) in [6, 6.07) is 1.74. The second-order valence-electron chi connectivity index (χ2n) is 5.08. The number of nitrogen functional groups attached to an aromatic ring is 1. The molecule has 2 aromatic heterocycles. The molecule has 0 unspecified atom stereocenters. The van der Waals surface area contributed by atoms with E-state index in [1.54, 1.807) is 17.4 Å². The van der Waals surface area contributed by atoms with E-state index in [1.807, 2.05) is 10.9 Å². The maximum absolute atomic E-state index is 5.80. The van der Waals surface area contributed by atoms with E-state index in [1.165, 1.54) is 0 Å². The summed E-state index contributed by atoms with van der Waals surface area (Å²) in [6.07, 6.45) is 0. The highest BCUT2D eigenvalue weighted by Crippen LogP contribution is 2.21. The molecule has 5 nitrogen and oxygen atoms in total. The SMILES string of the molecule is CC(C)(C)c1nc(N)cc(NCc2cscn2)n1. The Morgan fingerprint density at radius 1 is 1.33 bits per heavy atom. The molecule has 2 rings (SSSR count). The van der Waals surface area contributed by atoms with E-state index in [0.29, 0.717) is 12.4 Å². The number of aromatic nitrogens is 3. The van der Waals surface area contributed by atoms with Gasteiger partial charge in [-0.2, -0.15) is 0 Å². The van der Waals surface area contributed by atoms with Crippen LogP contribution < -0.4 is 11.1 Å². The lowest BCUT2D eigenvalue weighted by Gasteiger charge is -2.17. The molecule has 0 aliphatic rings. The van der Waals surface area contributed by atoms with Gasteiger partial charge < -0.3 is 11.1 Å². The zero-order valence-corrected chi connectivity index (χ0v) is 11.6. The molecule has 0 fully saturated rings. The standard InChI is InChI=1S/C12H17N5S/c1-12(2,3)11-16-9(13)4-10(17-11)14-5-8-6-18-7-15-8/h4,6-7H,5H2,1-3H3,(H3,13,14,16,17). The van der Waals surface area contributed by atoms with Crippen molar-refractivity contribution in [3.8, 4) is 0 Å². The summed E-state index contributed by atoms with van der Waals surface area (Å²) >= 11 is 1.58. The molecule has 0 aromatic carbocycles. The van der Waals surface area contributed by atoms with Gasteiger partial charge in [-0.15, -0.1) is 11.3 Å². The highest BCUT2D eigenvalue weighted by atomic mass is 32.1. The van der Waals surface area contributed by atoms with Gasteiger partial charge in [0.15, 0.2) is 0 Å². The van der Waals surface area contributed by atoms with E-state index in [-0.39, 0.29) is 5.41 Å². The molecule has 0 saturated heterocycles. The molecule has 2 aromatic rings. The number of anilines is 2. The predicted molar refractivity (Wildman–Crippen MR) is 74.6 cm³/mol. The van der Waals surface area contributed by atoms with Gasteiger partial charge in [-0.05, 0) is 0 Å². The van der Waals surface area contributed by atoms with E-state index in [2.05, 4.69) is 41.0 Å². The van der Waals surface area contributed by atoms with Crippen LogP contribution >= 0.6 is 11.3 Å². The van der Waals surface area contributed by atoms with E-state index < -0.39 is 0 Å². The minimum atomic E-state index is -0.119. The van der Waals surface area contributed by atoms with Crippen molar-refractivity contribution in [3.63, 3.8) is 0 Å². The lowest BCUT2D eigenvalue weighted by atomic mass is 9.96. The number of rotatable bonds is 3. The Hall–Kier alpha value is -1.69. The Kier molecular flexibility index (Phi) is 3.47. The van der Waals surface area contributed by atoms with Crippen LogP contribution in [0.4, 0.5) is 11.6 Å². The van der Waals surface area contributed by atoms with Crippen LogP contribution in [0.25, 0.3) is 0 Å². The first-order valence-electron chi connectivity index (χ1n) is 5.71. The predicted octanol–water partition coefficient (Wildman–Crippen LogP) is 2.42. The molecule has 96 valence electrons. The zero-order valence-electron chi connectivity index (χ0n) is 10.8. The molecular weight excluding hydrogens is 246 g/mol. The third kappa shape index (κ3) is 3.16. The highest BCUT2D eigenvalue weighted by molar-refractivity contribution is 7.07. The first kappa shape index (κ1) is 12.8. The van der Waals surface area contributed by atoms with Gasteiger partial charge in [0.05, 0.1) is 17.7 Å². The third-order valence-corrected chi connectivity index (χ3v) is 2.99. The molecular formula is C12H17N5S. The van der Waals surface area contributed by atoms with E-state index >= 15 is 0 Å². The molecule has 18 heavy (non-hydrogen) atoms. The number of nitrogens with zero attached hydrogens (tertiary/aromatic N) is 3. The smallest absolute Gasteiger partial charge is 0.138 e. The number of hydrogen-bond donors (Lipinski definition) is 2. The number of hydrogen-bond acceptors (Lipinski definition) is 6. The first-order valence-corrected chi connectivity index (χ1v) is 6.65. The molecule has 0 radical (unpaired) electrons. The topological polar surface area (TPSA) is 76.7 Å². The van der Waals surface area contributed by atoms with Crippen LogP contribution in [0, 0.1) is 0 Å². The van der Waals surface area contributed by atoms with Crippen LogP contribution in [-0.2, 0) is 12.0 Å². The lowest BCUT2D eigenvalue weighted by Crippen LogP contribution is -2.18. The van der Waals surface area contributed by atoms with E-state index in [9.17, 15) is 0 Å². The van der Waals surface area contributed by atoms with E-state index in [0.717, 1.165) is 17.3 Å². The summed E-state index contributed by atoms with van der Waals surface area (Å²) < 4.78 is 0. The second-order valence-corrected chi connectivity index (χ2v) is 5.80. The fraction of sp³-hybridized carbons (Fsp3) is 0.417. The van der Waals surface area contributed by atoms with E-state index in [4.69, 9.17) is 5.73 Å². The van der Waals surface area contributed by atoms with Crippen molar-refractivity contribution in [3.05, 3.63) is 28.5 Å². The molecule has 0 aliphatic heterocycles. The summed E-state index contributed by atoms with van der Waals surface area (Å²) in [5.74, 6) is 1.96. The summed E-state index contributed by atoms with van der Waals surface area (Å²) in [4.78, 5) is 12.9. The zero-order chi connectivity index (χ0) is 13.2. The maximum atomic E-state index is 5.80. The lowest BCUT2D eigenvalue weighted by molar-refractivity contribution is 0.547. The molecule has 2 heterocycles. The Labute approximate surface area is 111 Å².